The van der Waals surface area contributed by atoms with Crippen LogP contribution in [0.3, 0.4) is 0 Å². The largest absolute Gasteiger partial charge is 0.478 e. The van der Waals surface area contributed by atoms with E-state index in [1.165, 1.54) is 6.42 Å². The minimum Gasteiger partial charge on any atom is -0.478 e. The Kier molecular flexibility index (Phi) is 3.72. The summed E-state index contributed by atoms with van der Waals surface area (Å²) in [5, 5.41) is 9.01. The Balaban J connectivity index is 2.00. The third-order valence-corrected chi connectivity index (χ3v) is 4.08. The van der Waals surface area contributed by atoms with Crippen LogP contribution in [-0.4, -0.2) is 29.1 Å². The first-order chi connectivity index (χ1) is 8.77. The van der Waals surface area contributed by atoms with Gasteiger partial charge in [0.25, 0.3) is 0 Å². The number of rotatable bonds is 3. The molecule has 1 saturated heterocycles. The molecule has 1 aliphatic rings. The van der Waals surface area contributed by atoms with Crippen molar-refractivity contribution in [3.05, 3.63) is 23.2 Å². The van der Waals surface area contributed by atoms with Gasteiger partial charge in [0.2, 0.25) is 0 Å². The molecular formula is C15H23NO3. The lowest BCUT2D eigenvalue weighted by Crippen LogP contribution is -2.25. The monoisotopic (exact) mass is 265 g/mol. The third kappa shape index (κ3) is 3.18. The van der Waals surface area contributed by atoms with Crippen molar-refractivity contribution < 1.29 is 14.3 Å². The van der Waals surface area contributed by atoms with E-state index in [2.05, 4.69) is 25.7 Å². The molecule has 0 bridgehead atoms. The zero-order chi connectivity index (χ0) is 14.2. The van der Waals surface area contributed by atoms with E-state index in [-0.39, 0.29) is 5.56 Å². The minimum absolute atomic E-state index is 0.279. The van der Waals surface area contributed by atoms with Crippen molar-refractivity contribution in [3.8, 4) is 0 Å². The van der Waals surface area contributed by atoms with Crippen molar-refractivity contribution in [2.75, 3.05) is 13.1 Å². The quantitative estimate of drug-likeness (QED) is 0.912. The van der Waals surface area contributed by atoms with Crippen molar-refractivity contribution in [3.63, 3.8) is 0 Å². The van der Waals surface area contributed by atoms with Crippen LogP contribution in [0.1, 0.15) is 49.1 Å². The van der Waals surface area contributed by atoms with E-state index in [0.717, 1.165) is 18.8 Å². The highest BCUT2D eigenvalue weighted by Gasteiger charge is 2.32. The average molecular weight is 265 g/mol. The van der Waals surface area contributed by atoms with Crippen LogP contribution in [-0.2, 0) is 6.54 Å². The van der Waals surface area contributed by atoms with Crippen LogP contribution in [0.15, 0.2) is 10.5 Å². The lowest BCUT2D eigenvalue weighted by molar-refractivity contribution is 0.0695. The predicted octanol–water partition coefficient (Wildman–Crippen LogP) is 3.15. The molecule has 1 unspecified atom stereocenters. The number of hydrogen-bond donors (Lipinski definition) is 1. The molecule has 1 aliphatic heterocycles. The molecule has 1 aromatic heterocycles. The molecule has 106 valence electrons. The SMILES string of the molecule is Cc1oc(CN2CCC(C(C)(C)C)C2)cc1C(=O)O. The molecule has 2 rings (SSSR count). The van der Waals surface area contributed by atoms with Crippen molar-refractivity contribution >= 4 is 5.97 Å². The second kappa shape index (κ2) is 5.00. The van der Waals surface area contributed by atoms with Gasteiger partial charge in [-0.2, -0.15) is 0 Å². The second-order valence-corrected chi connectivity index (χ2v) is 6.57. The molecule has 0 radical (unpaired) electrons. The number of hydrogen-bond acceptors (Lipinski definition) is 3. The van der Waals surface area contributed by atoms with Crippen LogP contribution in [0, 0.1) is 18.3 Å². The van der Waals surface area contributed by atoms with Crippen LogP contribution in [0.4, 0.5) is 0 Å². The molecule has 1 fully saturated rings. The zero-order valence-electron chi connectivity index (χ0n) is 12.2. The third-order valence-electron chi connectivity index (χ3n) is 4.08. The standard InChI is InChI=1S/C15H23NO3/c1-10-13(14(17)18)7-12(19-10)9-16-6-5-11(8-16)15(2,3)4/h7,11H,5-6,8-9H2,1-4H3,(H,17,18). The fraction of sp³-hybridized carbons (Fsp3) is 0.667. The van der Waals surface area contributed by atoms with Crippen LogP contribution in [0.25, 0.3) is 0 Å². The van der Waals surface area contributed by atoms with Crippen LogP contribution in [0.5, 0.6) is 0 Å². The summed E-state index contributed by atoms with van der Waals surface area (Å²) in [5.74, 6) is 1.03. The number of aryl methyl sites for hydroxylation is 1. The number of carboxylic acid groups (broad SMARTS) is 1. The lowest BCUT2D eigenvalue weighted by atomic mass is 9.80. The minimum atomic E-state index is -0.915. The van der Waals surface area contributed by atoms with Crippen molar-refractivity contribution in [1.29, 1.82) is 0 Å². The Labute approximate surface area is 114 Å². The Morgan fingerprint density at radius 3 is 2.68 bits per heavy atom. The molecule has 2 heterocycles. The van der Waals surface area contributed by atoms with Gasteiger partial charge >= 0.3 is 5.97 Å². The fourth-order valence-corrected chi connectivity index (χ4v) is 2.74. The Morgan fingerprint density at radius 1 is 1.53 bits per heavy atom. The molecule has 1 N–H and O–H groups in total. The van der Waals surface area contributed by atoms with E-state index in [4.69, 9.17) is 9.52 Å². The van der Waals surface area contributed by atoms with E-state index in [0.29, 0.717) is 23.6 Å². The first-order valence-corrected chi connectivity index (χ1v) is 6.82. The normalized spacial score (nSPS) is 20.9. The first kappa shape index (κ1) is 14.1. The van der Waals surface area contributed by atoms with E-state index in [1.807, 2.05) is 0 Å². The molecule has 0 spiro atoms. The summed E-state index contributed by atoms with van der Waals surface area (Å²) in [6.45, 7) is 11.4. The molecule has 19 heavy (non-hydrogen) atoms. The molecule has 1 atom stereocenters. The number of carboxylic acids is 1. The van der Waals surface area contributed by atoms with Gasteiger partial charge in [-0.15, -0.1) is 0 Å². The van der Waals surface area contributed by atoms with E-state index < -0.39 is 5.97 Å². The lowest BCUT2D eigenvalue weighted by Gasteiger charge is -2.26. The second-order valence-electron chi connectivity index (χ2n) is 6.57. The van der Waals surface area contributed by atoms with Gasteiger partial charge in [0, 0.05) is 6.54 Å². The average Bonchev–Trinajstić information content (AvgIpc) is 2.85. The van der Waals surface area contributed by atoms with Crippen molar-refractivity contribution in [1.82, 2.24) is 4.90 Å². The highest BCUT2D eigenvalue weighted by molar-refractivity contribution is 5.88. The molecule has 1 aromatic rings. The highest BCUT2D eigenvalue weighted by atomic mass is 16.4. The Morgan fingerprint density at radius 2 is 2.21 bits per heavy atom. The fourth-order valence-electron chi connectivity index (χ4n) is 2.74. The van der Waals surface area contributed by atoms with Gasteiger partial charge in [-0.05, 0) is 37.3 Å². The summed E-state index contributed by atoms with van der Waals surface area (Å²) in [6, 6.07) is 1.65. The summed E-state index contributed by atoms with van der Waals surface area (Å²) in [4.78, 5) is 13.3. The number of likely N-dealkylation sites (tertiary alicyclic amines) is 1. The molecule has 0 aromatic carbocycles. The van der Waals surface area contributed by atoms with Gasteiger partial charge in [0.05, 0.1) is 6.54 Å². The smallest absolute Gasteiger partial charge is 0.339 e. The van der Waals surface area contributed by atoms with Gasteiger partial charge in [0.15, 0.2) is 0 Å². The molecular weight excluding hydrogens is 242 g/mol. The molecule has 0 amide bonds. The van der Waals surface area contributed by atoms with Gasteiger partial charge in [0.1, 0.15) is 17.1 Å². The van der Waals surface area contributed by atoms with E-state index >= 15 is 0 Å². The van der Waals surface area contributed by atoms with E-state index in [1.54, 1.807) is 13.0 Å². The van der Waals surface area contributed by atoms with Crippen LogP contribution in [0.2, 0.25) is 0 Å². The van der Waals surface area contributed by atoms with Gasteiger partial charge in [-0.3, -0.25) is 4.90 Å². The van der Waals surface area contributed by atoms with Gasteiger partial charge in [-0.25, -0.2) is 4.79 Å². The van der Waals surface area contributed by atoms with Gasteiger partial charge < -0.3 is 9.52 Å². The summed E-state index contributed by atoms with van der Waals surface area (Å²) < 4.78 is 5.54. The van der Waals surface area contributed by atoms with Crippen LogP contribution >= 0.6 is 0 Å². The summed E-state index contributed by atoms with van der Waals surface area (Å²) in [7, 11) is 0. The van der Waals surface area contributed by atoms with Gasteiger partial charge in [-0.1, -0.05) is 20.8 Å². The number of furan rings is 1. The zero-order valence-corrected chi connectivity index (χ0v) is 12.2. The van der Waals surface area contributed by atoms with Crippen molar-refractivity contribution in [2.24, 2.45) is 11.3 Å². The molecule has 0 saturated carbocycles. The first-order valence-electron chi connectivity index (χ1n) is 6.82. The van der Waals surface area contributed by atoms with E-state index in [9.17, 15) is 4.79 Å². The Bertz CT molecular complexity index is 470. The maximum atomic E-state index is 11.0. The maximum absolute atomic E-state index is 11.0. The Hall–Kier alpha value is -1.29. The predicted molar refractivity (Wildman–Crippen MR) is 73.2 cm³/mol. The highest BCUT2D eigenvalue weighted by Crippen LogP contribution is 2.34. The summed E-state index contributed by atoms with van der Waals surface area (Å²) >= 11 is 0. The number of aromatic carboxylic acids is 1. The maximum Gasteiger partial charge on any atom is 0.339 e. The van der Waals surface area contributed by atoms with Crippen molar-refractivity contribution in [2.45, 2.75) is 40.7 Å². The number of nitrogens with zero attached hydrogens (tertiary/aromatic N) is 1. The number of carbonyl (C=O) groups is 1. The summed E-state index contributed by atoms with van der Waals surface area (Å²) in [5.41, 5.74) is 0.613. The molecule has 4 heteroatoms. The molecule has 4 nitrogen and oxygen atoms in total. The van der Waals surface area contributed by atoms with Crippen LogP contribution < -0.4 is 0 Å². The topological polar surface area (TPSA) is 53.7 Å². The molecule has 0 aliphatic carbocycles. The summed E-state index contributed by atoms with van der Waals surface area (Å²) in [6.07, 6.45) is 1.20.